The van der Waals surface area contributed by atoms with Gasteiger partial charge in [-0.05, 0) is 31.6 Å². The van der Waals surface area contributed by atoms with Gasteiger partial charge in [-0.1, -0.05) is 6.92 Å². The van der Waals surface area contributed by atoms with Crippen molar-refractivity contribution < 1.29 is 5.11 Å². The first-order chi connectivity index (χ1) is 5.15. The average molecular weight is 151 g/mol. The first kappa shape index (κ1) is 7.12. The van der Waals surface area contributed by atoms with E-state index in [9.17, 15) is 5.11 Å². The van der Waals surface area contributed by atoms with Crippen molar-refractivity contribution in [3.8, 4) is 6.07 Å². The van der Waals surface area contributed by atoms with Crippen molar-refractivity contribution in [2.75, 3.05) is 0 Å². The standard InChI is InChI=1S/C9H13NO/c1-7-2-3-9(7,11)8(6-10)4-5-8/h7,11H,2-5H2,1H3. The molecule has 2 heteroatoms. The van der Waals surface area contributed by atoms with E-state index in [1.54, 1.807) is 0 Å². The Morgan fingerprint density at radius 3 is 2.18 bits per heavy atom. The molecule has 0 radical (unpaired) electrons. The van der Waals surface area contributed by atoms with E-state index >= 15 is 0 Å². The fourth-order valence-electron chi connectivity index (χ4n) is 2.18. The fourth-order valence-corrected chi connectivity index (χ4v) is 2.18. The van der Waals surface area contributed by atoms with E-state index in [-0.39, 0.29) is 5.41 Å². The van der Waals surface area contributed by atoms with Gasteiger partial charge < -0.3 is 5.11 Å². The molecule has 60 valence electrons. The van der Waals surface area contributed by atoms with Crippen LogP contribution in [0.3, 0.4) is 0 Å². The molecule has 2 fully saturated rings. The van der Waals surface area contributed by atoms with Gasteiger partial charge in [-0.25, -0.2) is 0 Å². The van der Waals surface area contributed by atoms with Gasteiger partial charge in [0.2, 0.25) is 0 Å². The second-order valence-corrected chi connectivity index (χ2v) is 4.06. The summed E-state index contributed by atoms with van der Waals surface area (Å²) in [7, 11) is 0. The molecule has 1 N–H and O–H groups in total. The molecule has 0 aromatic carbocycles. The molecule has 2 aliphatic rings. The Kier molecular flexibility index (Phi) is 1.15. The second kappa shape index (κ2) is 1.78. The van der Waals surface area contributed by atoms with Crippen molar-refractivity contribution in [1.29, 1.82) is 5.26 Å². The SMILES string of the molecule is CC1CCC1(O)C1(C#N)CC1. The summed E-state index contributed by atoms with van der Waals surface area (Å²) >= 11 is 0. The van der Waals surface area contributed by atoms with E-state index in [0.717, 1.165) is 25.7 Å². The first-order valence-electron chi connectivity index (χ1n) is 4.28. The molecule has 2 nitrogen and oxygen atoms in total. The lowest BCUT2D eigenvalue weighted by atomic mass is 9.62. The third-order valence-corrected chi connectivity index (χ3v) is 3.57. The molecular formula is C9H13NO. The van der Waals surface area contributed by atoms with Crippen LogP contribution in [0.25, 0.3) is 0 Å². The minimum absolute atomic E-state index is 0.338. The first-order valence-corrected chi connectivity index (χ1v) is 4.28. The molecule has 0 spiro atoms. The second-order valence-electron chi connectivity index (χ2n) is 4.06. The van der Waals surface area contributed by atoms with Gasteiger partial charge in [-0.15, -0.1) is 0 Å². The van der Waals surface area contributed by atoms with E-state index in [4.69, 9.17) is 5.26 Å². The number of rotatable bonds is 1. The van der Waals surface area contributed by atoms with Crippen LogP contribution in [0.2, 0.25) is 0 Å². The molecule has 2 rings (SSSR count). The average Bonchev–Trinajstić information content (AvgIpc) is 2.81. The Hall–Kier alpha value is -0.550. The number of nitriles is 1. The van der Waals surface area contributed by atoms with Crippen LogP contribution in [0.5, 0.6) is 0 Å². The summed E-state index contributed by atoms with van der Waals surface area (Å²) in [5.74, 6) is 0.338. The van der Waals surface area contributed by atoms with E-state index in [0.29, 0.717) is 5.92 Å². The largest absolute Gasteiger partial charge is 0.388 e. The summed E-state index contributed by atoms with van der Waals surface area (Å²) in [6.45, 7) is 2.04. The number of hydrogen-bond acceptors (Lipinski definition) is 2. The zero-order valence-electron chi connectivity index (χ0n) is 6.80. The highest BCUT2D eigenvalue weighted by molar-refractivity contribution is 5.24. The molecule has 0 bridgehead atoms. The van der Waals surface area contributed by atoms with Crippen LogP contribution < -0.4 is 0 Å². The Morgan fingerprint density at radius 2 is 2.09 bits per heavy atom. The van der Waals surface area contributed by atoms with Gasteiger partial charge in [0.05, 0.1) is 17.1 Å². The van der Waals surface area contributed by atoms with Crippen LogP contribution in [-0.4, -0.2) is 10.7 Å². The minimum atomic E-state index is -0.623. The Morgan fingerprint density at radius 1 is 1.45 bits per heavy atom. The molecule has 0 heterocycles. The summed E-state index contributed by atoms with van der Waals surface area (Å²) in [6, 6.07) is 2.28. The van der Waals surface area contributed by atoms with E-state index in [1.165, 1.54) is 0 Å². The van der Waals surface area contributed by atoms with Gasteiger partial charge >= 0.3 is 0 Å². The molecule has 11 heavy (non-hydrogen) atoms. The molecule has 0 saturated heterocycles. The van der Waals surface area contributed by atoms with Crippen molar-refractivity contribution in [1.82, 2.24) is 0 Å². The summed E-state index contributed by atoms with van der Waals surface area (Å²) in [6.07, 6.45) is 3.73. The van der Waals surface area contributed by atoms with Crippen molar-refractivity contribution in [3.05, 3.63) is 0 Å². The van der Waals surface area contributed by atoms with Crippen LogP contribution in [-0.2, 0) is 0 Å². The maximum absolute atomic E-state index is 10.0. The van der Waals surface area contributed by atoms with E-state index in [2.05, 4.69) is 6.07 Å². The van der Waals surface area contributed by atoms with Gasteiger partial charge in [0, 0.05) is 0 Å². The van der Waals surface area contributed by atoms with E-state index in [1.807, 2.05) is 6.92 Å². The highest BCUT2D eigenvalue weighted by atomic mass is 16.3. The van der Waals surface area contributed by atoms with Gasteiger partial charge in [0.1, 0.15) is 0 Å². The highest BCUT2D eigenvalue weighted by Crippen LogP contribution is 2.62. The Bertz CT molecular complexity index is 226. The maximum atomic E-state index is 10.0. The fraction of sp³-hybridized carbons (Fsp3) is 0.889. The molecule has 2 saturated carbocycles. The van der Waals surface area contributed by atoms with Crippen LogP contribution in [0, 0.1) is 22.7 Å². The van der Waals surface area contributed by atoms with Crippen LogP contribution in [0.15, 0.2) is 0 Å². The van der Waals surface area contributed by atoms with Crippen molar-refractivity contribution in [2.45, 2.75) is 38.2 Å². The molecule has 0 aliphatic heterocycles. The maximum Gasteiger partial charge on any atom is 0.0864 e. The normalized spacial score (nSPS) is 45.7. The van der Waals surface area contributed by atoms with Crippen LogP contribution in [0.1, 0.15) is 32.6 Å². The predicted molar refractivity (Wildman–Crippen MR) is 40.6 cm³/mol. The number of nitrogens with zero attached hydrogens (tertiary/aromatic N) is 1. The Balaban J connectivity index is 2.22. The summed E-state index contributed by atoms with van der Waals surface area (Å²) < 4.78 is 0. The molecule has 0 amide bonds. The molecule has 2 aliphatic carbocycles. The predicted octanol–water partition coefficient (Wildman–Crippen LogP) is 1.45. The zero-order chi connectivity index (χ0) is 8.11. The molecule has 2 atom stereocenters. The van der Waals surface area contributed by atoms with Crippen LogP contribution >= 0.6 is 0 Å². The topological polar surface area (TPSA) is 44.0 Å². The lowest BCUT2D eigenvalue weighted by Gasteiger charge is -2.47. The third-order valence-electron chi connectivity index (χ3n) is 3.57. The van der Waals surface area contributed by atoms with Crippen molar-refractivity contribution >= 4 is 0 Å². The number of hydrogen-bond donors (Lipinski definition) is 1. The molecular weight excluding hydrogens is 138 g/mol. The zero-order valence-corrected chi connectivity index (χ0v) is 6.80. The van der Waals surface area contributed by atoms with Gasteiger partial charge in [0.25, 0.3) is 0 Å². The summed E-state index contributed by atoms with van der Waals surface area (Å²) in [5.41, 5.74) is -0.966. The lowest BCUT2D eigenvalue weighted by Crippen LogP contribution is -2.52. The molecule has 2 unspecified atom stereocenters. The van der Waals surface area contributed by atoms with Crippen molar-refractivity contribution in [3.63, 3.8) is 0 Å². The quantitative estimate of drug-likeness (QED) is 0.616. The Labute approximate surface area is 66.8 Å². The van der Waals surface area contributed by atoms with Crippen LogP contribution in [0.4, 0.5) is 0 Å². The third kappa shape index (κ3) is 0.648. The summed E-state index contributed by atoms with van der Waals surface area (Å²) in [4.78, 5) is 0. The van der Waals surface area contributed by atoms with Gasteiger partial charge in [-0.2, -0.15) is 5.26 Å². The highest BCUT2D eigenvalue weighted by Gasteiger charge is 2.64. The lowest BCUT2D eigenvalue weighted by molar-refractivity contribution is -0.125. The smallest absolute Gasteiger partial charge is 0.0864 e. The molecule has 0 aromatic rings. The van der Waals surface area contributed by atoms with Crippen molar-refractivity contribution in [2.24, 2.45) is 11.3 Å². The summed E-state index contributed by atoms with van der Waals surface area (Å²) in [5, 5.41) is 18.9. The van der Waals surface area contributed by atoms with Gasteiger partial charge in [0.15, 0.2) is 0 Å². The number of aliphatic hydroxyl groups is 1. The monoisotopic (exact) mass is 151 g/mol. The minimum Gasteiger partial charge on any atom is -0.388 e. The molecule has 0 aromatic heterocycles. The van der Waals surface area contributed by atoms with E-state index < -0.39 is 5.60 Å². The van der Waals surface area contributed by atoms with Gasteiger partial charge in [-0.3, -0.25) is 0 Å².